The molecule has 0 saturated heterocycles. The zero-order chi connectivity index (χ0) is 12.5. The van der Waals surface area contributed by atoms with Gasteiger partial charge >= 0.3 is 0 Å². The molecule has 2 nitrogen and oxygen atoms in total. The summed E-state index contributed by atoms with van der Waals surface area (Å²) in [6.45, 7) is 4.03. The molecule has 1 amide bonds. The zero-order valence-electron chi connectivity index (χ0n) is 11.0. The van der Waals surface area contributed by atoms with Crippen LogP contribution in [0.1, 0.15) is 58.8 Å². The third-order valence-corrected chi connectivity index (χ3v) is 4.82. The third kappa shape index (κ3) is 2.96. The van der Waals surface area contributed by atoms with E-state index in [0.717, 1.165) is 24.7 Å². The average Bonchev–Trinajstić information content (AvgIpc) is 2.27. The minimum atomic E-state index is -0.410. The van der Waals surface area contributed by atoms with Crippen molar-refractivity contribution in [2.24, 2.45) is 11.8 Å². The van der Waals surface area contributed by atoms with Crippen molar-refractivity contribution in [2.75, 3.05) is 0 Å². The largest absolute Gasteiger partial charge is 0.349 e. The Hall–Kier alpha value is -0.240. The van der Waals surface area contributed by atoms with E-state index in [1.807, 2.05) is 0 Å². The number of nitrogens with one attached hydrogen (secondary N) is 1. The first-order valence-electron chi connectivity index (χ1n) is 7.01. The quantitative estimate of drug-likeness (QED) is 0.771. The van der Waals surface area contributed by atoms with Gasteiger partial charge in [0.05, 0.1) is 0 Å². The van der Waals surface area contributed by atoms with Crippen molar-refractivity contribution in [3.8, 4) is 0 Å². The van der Waals surface area contributed by atoms with E-state index in [9.17, 15) is 4.79 Å². The van der Waals surface area contributed by atoms with Crippen LogP contribution >= 0.6 is 11.6 Å². The fraction of sp³-hybridized carbons (Fsp3) is 0.929. The number of carbonyl (C=O) groups is 1. The highest BCUT2D eigenvalue weighted by atomic mass is 35.5. The predicted molar refractivity (Wildman–Crippen MR) is 71.2 cm³/mol. The number of amides is 1. The van der Waals surface area contributed by atoms with Gasteiger partial charge in [0.2, 0.25) is 5.91 Å². The second-order valence-corrected chi connectivity index (χ2v) is 6.72. The lowest BCUT2D eigenvalue weighted by Crippen LogP contribution is -2.56. The maximum atomic E-state index is 11.9. The minimum Gasteiger partial charge on any atom is -0.349 e. The van der Waals surface area contributed by atoms with Crippen LogP contribution in [0.4, 0.5) is 0 Å². The lowest BCUT2D eigenvalue weighted by atomic mass is 9.63. The SMILES string of the molecule is CC[C@H]1C[C@H]2CCC[C@@](NC(=O)[C@@H](C)Cl)(C2)C1. The number of alkyl halides is 1. The van der Waals surface area contributed by atoms with Crippen molar-refractivity contribution < 1.29 is 4.79 Å². The van der Waals surface area contributed by atoms with E-state index in [1.165, 1.54) is 32.1 Å². The number of rotatable bonds is 3. The van der Waals surface area contributed by atoms with E-state index in [0.29, 0.717) is 0 Å². The molecule has 2 rings (SSSR count). The van der Waals surface area contributed by atoms with E-state index in [2.05, 4.69) is 12.2 Å². The highest BCUT2D eigenvalue weighted by Gasteiger charge is 2.43. The summed E-state index contributed by atoms with van der Waals surface area (Å²) in [5.41, 5.74) is 0.0715. The average molecular weight is 258 g/mol. The molecule has 0 aromatic rings. The Morgan fingerprint density at radius 3 is 2.94 bits per heavy atom. The van der Waals surface area contributed by atoms with Crippen LogP contribution in [0.3, 0.4) is 0 Å². The Bertz CT molecular complexity index is 292. The summed E-state index contributed by atoms with van der Waals surface area (Å²) in [6.07, 6.45) is 8.71. The highest BCUT2D eigenvalue weighted by Crippen LogP contribution is 2.46. The lowest BCUT2D eigenvalue weighted by molar-refractivity contribution is -0.124. The summed E-state index contributed by atoms with van der Waals surface area (Å²) in [5.74, 6) is 1.64. The monoisotopic (exact) mass is 257 g/mol. The lowest BCUT2D eigenvalue weighted by Gasteiger charge is -2.49. The molecule has 2 aliphatic rings. The standard InChI is InChI=1S/C14H24ClNO/c1-3-11-7-12-5-4-6-14(8-11,9-12)16-13(17)10(2)15/h10-12H,3-9H2,1-2H3,(H,16,17)/t10-,11+,12-,14+/m1/s1. The number of fused-ring (bicyclic) bond motifs is 2. The maximum Gasteiger partial charge on any atom is 0.238 e. The Kier molecular flexibility index (Phi) is 4.02. The molecule has 2 bridgehead atoms. The molecular weight excluding hydrogens is 234 g/mol. The van der Waals surface area contributed by atoms with E-state index in [1.54, 1.807) is 6.92 Å². The molecule has 0 spiro atoms. The molecule has 17 heavy (non-hydrogen) atoms. The summed E-state index contributed by atoms with van der Waals surface area (Å²) in [4.78, 5) is 11.9. The zero-order valence-corrected chi connectivity index (χ0v) is 11.7. The smallest absolute Gasteiger partial charge is 0.238 e. The molecule has 2 fully saturated rings. The first kappa shape index (κ1) is 13.2. The van der Waals surface area contributed by atoms with Crippen LogP contribution < -0.4 is 5.32 Å². The molecule has 0 radical (unpaired) electrons. The normalized spacial score (nSPS) is 38.5. The van der Waals surface area contributed by atoms with Crippen LogP contribution in [-0.2, 0) is 4.79 Å². The van der Waals surface area contributed by atoms with Gasteiger partial charge in [-0.1, -0.05) is 26.2 Å². The molecule has 2 saturated carbocycles. The molecule has 98 valence electrons. The van der Waals surface area contributed by atoms with Crippen molar-refractivity contribution >= 4 is 17.5 Å². The fourth-order valence-corrected chi connectivity index (χ4v) is 3.87. The van der Waals surface area contributed by atoms with Gasteiger partial charge in [-0.3, -0.25) is 4.79 Å². The third-order valence-electron chi connectivity index (χ3n) is 4.62. The van der Waals surface area contributed by atoms with Gasteiger partial charge in [0.25, 0.3) is 0 Å². The maximum absolute atomic E-state index is 11.9. The van der Waals surface area contributed by atoms with Gasteiger partial charge in [-0.2, -0.15) is 0 Å². The molecule has 0 heterocycles. The van der Waals surface area contributed by atoms with Gasteiger partial charge in [0.1, 0.15) is 5.38 Å². The Labute approximate surface area is 109 Å². The number of hydrogen-bond acceptors (Lipinski definition) is 1. The molecule has 0 aromatic carbocycles. The summed E-state index contributed by atoms with van der Waals surface area (Å²) < 4.78 is 0. The Balaban J connectivity index is 2.07. The van der Waals surface area contributed by atoms with Gasteiger partial charge in [0, 0.05) is 5.54 Å². The first-order chi connectivity index (χ1) is 8.04. The van der Waals surface area contributed by atoms with Gasteiger partial charge in [-0.05, 0) is 44.4 Å². The molecule has 0 unspecified atom stereocenters. The van der Waals surface area contributed by atoms with Crippen molar-refractivity contribution in [1.29, 1.82) is 0 Å². The summed E-state index contributed by atoms with van der Waals surface area (Å²) >= 11 is 5.88. The van der Waals surface area contributed by atoms with Crippen LogP contribution in [0.5, 0.6) is 0 Å². The van der Waals surface area contributed by atoms with E-state index in [4.69, 9.17) is 11.6 Å². The molecule has 0 aromatic heterocycles. The highest BCUT2D eigenvalue weighted by molar-refractivity contribution is 6.30. The fourth-order valence-electron chi connectivity index (χ4n) is 3.82. The molecule has 4 atom stereocenters. The van der Waals surface area contributed by atoms with Crippen molar-refractivity contribution in [3.05, 3.63) is 0 Å². The van der Waals surface area contributed by atoms with Gasteiger partial charge < -0.3 is 5.32 Å². The Morgan fingerprint density at radius 1 is 1.53 bits per heavy atom. The van der Waals surface area contributed by atoms with Crippen LogP contribution in [0.15, 0.2) is 0 Å². The number of carbonyl (C=O) groups excluding carboxylic acids is 1. The molecule has 0 aliphatic heterocycles. The van der Waals surface area contributed by atoms with Crippen LogP contribution in [0.2, 0.25) is 0 Å². The summed E-state index contributed by atoms with van der Waals surface area (Å²) in [5, 5.41) is 2.85. The van der Waals surface area contributed by atoms with Crippen molar-refractivity contribution in [3.63, 3.8) is 0 Å². The van der Waals surface area contributed by atoms with Crippen LogP contribution in [-0.4, -0.2) is 16.8 Å². The van der Waals surface area contributed by atoms with E-state index in [-0.39, 0.29) is 11.4 Å². The second kappa shape index (κ2) is 5.17. The molecular formula is C14H24ClNO. The topological polar surface area (TPSA) is 29.1 Å². The van der Waals surface area contributed by atoms with E-state index >= 15 is 0 Å². The second-order valence-electron chi connectivity index (χ2n) is 6.06. The number of halogens is 1. The van der Waals surface area contributed by atoms with E-state index < -0.39 is 5.38 Å². The molecule has 1 N–H and O–H groups in total. The van der Waals surface area contributed by atoms with Crippen molar-refractivity contribution in [1.82, 2.24) is 5.32 Å². The van der Waals surface area contributed by atoms with Gasteiger partial charge in [-0.15, -0.1) is 11.6 Å². The predicted octanol–water partition coefficient (Wildman–Crippen LogP) is 3.48. The number of hydrogen-bond donors (Lipinski definition) is 1. The summed E-state index contributed by atoms with van der Waals surface area (Å²) in [6, 6.07) is 0. The molecule has 3 heteroatoms. The summed E-state index contributed by atoms with van der Waals surface area (Å²) in [7, 11) is 0. The van der Waals surface area contributed by atoms with Gasteiger partial charge in [-0.25, -0.2) is 0 Å². The van der Waals surface area contributed by atoms with Gasteiger partial charge in [0.15, 0.2) is 0 Å². The minimum absolute atomic E-state index is 0.0177. The molecule has 2 aliphatic carbocycles. The van der Waals surface area contributed by atoms with Crippen molar-refractivity contribution in [2.45, 2.75) is 69.7 Å². The van der Waals surface area contributed by atoms with Crippen LogP contribution in [0.25, 0.3) is 0 Å². The van der Waals surface area contributed by atoms with Crippen LogP contribution in [0, 0.1) is 11.8 Å². The Morgan fingerprint density at radius 2 is 2.29 bits per heavy atom. The first-order valence-corrected chi connectivity index (χ1v) is 7.44.